The summed E-state index contributed by atoms with van der Waals surface area (Å²) >= 11 is 0.922. The van der Waals surface area contributed by atoms with E-state index in [1.165, 1.54) is 0 Å². The Bertz CT molecular complexity index is 1580. The van der Waals surface area contributed by atoms with E-state index >= 15 is 0 Å². The van der Waals surface area contributed by atoms with Gasteiger partial charge in [0.25, 0.3) is 0 Å². The van der Waals surface area contributed by atoms with Gasteiger partial charge in [-0.15, -0.1) is 13.2 Å². The fourth-order valence-electron chi connectivity index (χ4n) is 4.83. The van der Waals surface area contributed by atoms with Crippen LogP contribution in [0, 0.1) is 6.92 Å². The number of rotatable bonds is 11. The van der Waals surface area contributed by atoms with Gasteiger partial charge in [0, 0.05) is 45.0 Å². The SMILES string of the molecule is CCN(CC)c1ccc(CNC(=O)C2CN(c3nc(C)c(C(=O)O)s3)CCN2S(=O)(=O)c2ccc(OC(F)(F)F)cc2)cc1. The van der Waals surface area contributed by atoms with Gasteiger partial charge < -0.3 is 25.0 Å². The van der Waals surface area contributed by atoms with E-state index in [1.807, 2.05) is 38.1 Å². The number of piperazine rings is 1. The van der Waals surface area contributed by atoms with Crippen LogP contribution in [0.25, 0.3) is 0 Å². The van der Waals surface area contributed by atoms with E-state index < -0.39 is 40.1 Å². The van der Waals surface area contributed by atoms with Crippen LogP contribution in [0.3, 0.4) is 0 Å². The van der Waals surface area contributed by atoms with Crippen LogP contribution in [0.5, 0.6) is 5.75 Å². The Hall–Kier alpha value is -3.89. The van der Waals surface area contributed by atoms with Gasteiger partial charge in [-0.05, 0) is 62.7 Å². The van der Waals surface area contributed by atoms with E-state index in [-0.39, 0.29) is 36.0 Å². The van der Waals surface area contributed by atoms with Crippen LogP contribution in [0.1, 0.15) is 34.8 Å². The molecule has 11 nitrogen and oxygen atoms in total. The number of anilines is 2. The Morgan fingerprint density at radius 3 is 2.27 bits per heavy atom. The normalized spacial score (nSPS) is 16.0. The number of alkyl halides is 3. The highest BCUT2D eigenvalue weighted by Gasteiger charge is 2.41. The summed E-state index contributed by atoms with van der Waals surface area (Å²) in [5, 5.41) is 12.6. The van der Waals surface area contributed by atoms with Crippen LogP contribution < -0.4 is 19.9 Å². The van der Waals surface area contributed by atoms with Gasteiger partial charge in [0.15, 0.2) is 5.13 Å². The first kappa shape index (κ1) is 33.0. The molecule has 2 N–H and O–H groups in total. The second kappa shape index (κ2) is 13.4. The molecule has 1 aromatic heterocycles. The quantitative estimate of drug-likeness (QED) is 0.314. The van der Waals surface area contributed by atoms with Crippen molar-refractivity contribution in [2.24, 2.45) is 0 Å². The molecule has 1 saturated heterocycles. The van der Waals surface area contributed by atoms with Gasteiger partial charge in [-0.1, -0.05) is 23.5 Å². The zero-order valence-electron chi connectivity index (χ0n) is 24.2. The van der Waals surface area contributed by atoms with Crippen molar-refractivity contribution in [3.05, 3.63) is 64.7 Å². The first-order valence-electron chi connectivity index (χ1n) is 13.7. The number of hydrogen-bond acceptors (Lipinski definition) is 9. The third-order valence-electron chi connectivity index (χ3n) is 7.08. The Morgan fingerprint density at radius 2 is 1.73 bits per heavy atom. The summed E-state index contributed by atoms with van der Waals surface area (Å²) < 4.78 is 70.0. The van der Waals surface area contributed by atoms with E-state index in [1.54, 1.807) is 11.8 Å². The highest BCUT2D eigenvalue weighted by molar-refractivity contribution is 7.89. The maximum atomic E-state index is 13.7. The summed E-state index contributed by atoms with van der Waals surface area (Å²) in [5.41, 5.74) is 2.11. The van der Waals surface area contributed by atoms with E-state index in [2.05, 4.69) is 19.9 Å². The number of nitrogens with one attached hydrogen (secondary N) is 1. The van der Waals surface area contributed by atoms with Gasteiger partial charge in [-0.25, -0.2) is 18.2 Å². The molecule has 2 heterocycles. The predicted octanol–water partition coefficient (Wildman–Crippen LogP) is 4.09. The molecular weight excluding hydrogens is 623 g/mol. The zero-order chi connectivity index (χ0) is 32.2. The average molecular weight is 656 g/mol. The molecule has 0 aliphatic carbocycles. The lowest BCUT2D eigenvalue weighted by molar-refractivity contribution is -0.274. The van der Waals surface area contributed by atoms with Crippen molar-refractivity contribution in [2.45, 2.75) is 44.6 Å². The first-order valence-corrected chi connectivity index (χ1v) is 15.9. The number of ether oxygens (including phenoxy) is 1. The Labute approximate surface area is 256 Å². The smallest absolute Gasteiger partial charge is 0.477 e. The third kappa shape index (κ3) is 7.60. The molecule has 4 rings (SSSR count). The third-order valence-corrected chi connectivity index (χ3v) is 10.2. The van der Waals surface area contributed by atoms with Crippen molar-refractivity contribution in [2.75, 3.05) is 42.5 Å². The molecule has 16 heteroatoms. The van der Waals surface area contributed by atoms with Gasteiger partial charge in [0.1, 0.15) is 16.7 Å². The van der Waals surface area contributed by atoms with Crippen LogP contribution in [0.4, 0.5) is 24.0 Å². The number of aryl methyl sites for hydroxylation is 1. The van der Waals surface area contributed by atoms with Crippen molar-refractivity contribution in [3.63, 3.8) is 0 Å². The zero-order valence-corrected chi connectivity index (χ0v) is 25.8. The highest BCUT2D eigenvalue weighted by Crippen LogP contribution is 2.31. The molecule has 1 fully saturated rings. The number of thiazole rings is 1. The van der Waals surface area contributed by atoms with Crippen molar-refractivity contribution in [1.82, 2.24) is 14.6 Å². The number of benzene rings is 2. The lowest BCUT2D eigenvalue weighted by Crippen LogP contribution is -2.60. The summed E-state index contributed by atoms with van der Waals surface area (Å²) in [7, 11) is -4.35. The molecule has 1 unspecified atom stereocenters. The lowest BCUT2D eigenvalue weighted by atomic mass is 10.1. The molecule has 0 bridgehead atoms. The summed E-state index contributed by atoms with van der Waals surface area (Å²) in [5.74, 6) is -2.34. The number of aromatic carboxylic acids is 1. The fourth-order valence-corrected chi connectivity index (χ4v) is 7.34. The van der Waals surface area contributed by atoms with Crippen molar-refractivity contribution in [1.29, 1.82) is 0 Å². The minimum Gasteiger partial charge on any atom is -0.477 e. The number of halogens is 3. The molecule has 0 spiro atoms. The van der Waals surface area contributed by atoms with Crippen LogP contribution in [-0.4, -0.2) is 79.8 Å². The van der Waals surface area contributed by atoms with E-state index in [9.17, 15) is 36.3 Å². The first-order chi connectivity index (χ1) is 20.7. The number of amides is 1. The minimum atomic E-state index is -4.94. The fraction of sp³-hybridized carbons (Fsp3) is 0.393. The minimum absolute atomic E-state index is 0.0328. The number of carbonyl (C=O) groups is 2. The van der Waals surface area contributed by atoms with Crippen LogP contribution in [-0.2, 0) is 21.4 Å². The molecule has 1 aliphatic rings. The monoisotopic (exact) mass is 655 g/mol. The number of carbonyl (C=O) groups excluding carboxylic acids is 1. The summed E-state index contributed by atoms with van der Waals surface area (Å²) in [6.07, 6.45) is -4.94. The number of nitrogens with zero attached hydrogens (tertiary/aromatic N) is 4. The second-order valence-electron chi connectivity index (χ2n) is 9.87. The topological polar surface area (TPSA) is 132 Å². The van der Waals surface area contributed by atoms with E-state index in [0.29, 0.717) is 10.8 Å². The van der Waals surface area contributed by atoms with Crippen molar-refractivity contribution in [3.8, 4) is 5.75 Å². The summed E-state index contributed by atoms with van der Waals surface area (Å²) in [6, 6.07) is 10.1. The summed E-state index contributed by atoms with van der Waals surface area (Å²) in [4.78, 5) is 33.0. The Morgan fingerprint density at radius 1 is 1.09 bits per heavy atom. The number of hydrogen-bond donors (Lipinski definition) is 2. The van der Waals surface area contributed by atoms with Crippen LogP contribution in [0.2, 0.25) is 0 Å². The maximum absolute atomic E-state index is 13.7. The molecule has 1 atom stereocenters. The maximum Gasteiger partial charge on any atom is 0.573 e. The van der Waals surface area contributed by atoms with Gasteiger partial charge in [0.05, 0.1) is 10.6 Å². The number of aromatic nitrogens is 1. The van der Waals surface area contributed by atoms with Crippen LogP contribution >= 0.6 is 11.3 Å². The largest absolute Gasteiger partial charge is 0.573 e. The van der Waals surface area contributed by atoms with Crippen molar-refractivity contribution < 1.29 is 41.0 Å². The summed E-state index contributed by atoms with van der Waals surface area (Å²) in [6.45, 7) is 7.22. The molecule has 2 aromatic carbocycles. The van der Waals surface area contributed by atoms with Gasteiger partial charge in [-0.3, -0.25) is 4.79 Å². The average Bonchev–Trinajstić information content (AvgIpc) is 3.38. The Kier molecular flexibility index (Phi) is 10.1. The molecule has 1 amide bonds. The number of carboxylic acid groups (broad SMARTS) is 1. The van der Waals surface area contributed by atoms with Crippen LogP contribution in [0.15, 0.2) is 53.4 Å². The molecule has 0 saturated carbocycles. The number of sulfonamides is 1. The highest BCUT2D eigenvalue weighted by atomic mass is 32.2. The Balaban J connectivity index is 1.58. The lowest BCUT2D eigenvalue weighted by Gasteiger charge is -2.39. The van der Waals surface area contributed by atoms with Gasteiger partial charge >= 0.3 is 12.3 Å². The molecule has 3 aromatic rings. The van der Waals surface area contributed by atoms with Gasteiger partial charge in [0.2, 0.25) is 15.9 Å². The van der Waals surface area contributed by atoms with Gasteiger partial charge in [-0.2, -0.15) is 4.31 Å². The van der Waals surface area contributed by atoms with E-state index in [0.717, 1.165) is 64.2 Å². The molecule has 44 heavy (non-hydrogen) atoms. The second-order valence-corrected chi connectivity index (χ2v) is 12.7. The molecule has 1 aliphatic heterocycles. The molecular formula is C28H32F3N5O6S2. The predicted molar refractivity (Wildman–Crippen MR) is 159 cm³/mol. The molecule has 238 valence electrons. The molecule has 0 radical (unpaired) electrons. The standard InChI is InChI=1S/C28H32F3N5O6S2/c1-4-34(5-2)20-8-6-19(7-9-20)16-32-25(37)23-17-35(27-33-18(3)24(43-27)26(38)39)14-15-36(23)44(40,41)22-12-10-21(11-13-22)42-28(29,30)31/h6-13,23H,4-5,14-17H2,1-3H3,(H,32,37)(H,38,39). The van der Waals surface area contributed by atoms with E-state index in [4.69, 9.17) is 0 Å². The van der Waals surface area contributed by atoms with Crippen molar-refractivity contribution >= 4 is 44.1 Å². The number of carboxylic acids is 1.